The number of benzene rings is 2. The second-order valence-corrected chi connectivity index (χ2v) is 5.79. The van der Waals surface area contributed by atoms with Gasteiger partial charge in [0.15, 0.2) is 5.78 Å². The minimum Gasteiger partial charge on any atom is -0.497 e. The Labute approximate surface area is 134 Å². The predicted molar refractivity (Wildman–Crippen MR) is 84.8 cm³/mol. The van der Waals surface area contributed by atoms with Crippen LogP contribution < -0.4 is 9.47 Å². The van der Waals surface area contributed by atoms with Gasteiger partial charge >= 0.3 is 0 Å². The Morgan fingerprint density at radius 3 is 2.35 bits per heavy atom. The summed E-state index contributed by atoms with van der Waals surface area (Å²) >= 11 is 6.77. The SMILES string of the molecule is COc1ccc(OC)c(C(=O)c2cc(Br)ccc2Br)c1. The predicted octanol–water partition coefficient (Wildman–Crippen LogP) is 4.46. The first-order valence-electron chi connectivity index (χ1n) is 5.78. The lowest BCUT2D eigenvalue weighted by Gasteiger charge is -2.11. The van der Waals surface area contributed by atoms with E-state index in [1.165, 1.54) is 7.11 Å². The zero-order valence-corrected chi connectivity index (χ0v) is 14.1. The molecule has 0 aliphatic heterocycles. The van der Waals surface area contributed by atoms with Crippen molar-refractivity contribution in [3.63, 3.8) is 0 Å². The van der Waals surface area contributed by atoms with Gasteiger partial charge in [0.1, 0.15) is 11.5 Å². The Bertz CT molecular complexity index is 654. The van der Waals surface area contributed by atoms with E-state index in [1.54, 1.807) is 31.4 Å². The number of carbonyl (C=O) groups excluding carboxylic acids is 1. The molecule has 20 heavy (non-hydrogen) atoms. The van der Waals surface area contributed by atoms with Crippen molar-refractivity contribution in [2.75, 3.05) is 14.2 Å². The minimum absolute atomic E-state index is 0.131. The van der Waals surface area contributed by atoms with Gasteiger partial charge in [0.25, 0.3) is 0 Å². The van der Waals surface area contributed by atoms with Crippen molar-refractivity contribution in [1.29, 1.82) is 0 Å². The Balaban J connectivity index is 2.54. The van der Waals surface area contributed by atoms with Crippen LogP contribution in [0.4, 0.5) is 0 Å². The maximum Gasteiger partial charge on any atom is 0.198 e. The molecule has 5 heteroatoms. The number of carbonyl (C=O) groups is 1. The van der Waals surface area contributed by atoms with Crippen molar-refractivity contribution in [1.82, 2.24) is 0 Å². The first-order chi connectivity index (χ1) is 9.56. The summed E-state index contributed by atoms with van der Waals surface area (Å²) in [5.74, 6) is 0.997. The highest BCUT2D eigenvalue weighted by atomic mass is 79.9. The number of ether oxygens (including phenoxy) is 2. The number of methoxy groups -OCH3 is 2. The molecule has 0 unspecified atom stereocenters. The first kappa shape index (κ1) is 15.1. The molecule has 0 saturated carbocycles. The smallest absolute Gasteiger partial charge is 0.198 e. The number of rotatable bonds is 4. The summed E-state index contributed by atoms with van der Waals surface area (Å²) in [7, 11) is 3.10. The van der Waals surface area contributed by atoms with Gasteiger partial charge in [0, 0.05) is 14.5 Å². The lowest BCUT2D eigenvalue weighted by molar-refractivity contribution is 0.103. The van der Waals surface area contributed by atoms with Crippen LogP contribution in [-0.4, -0.2) is 20.0 Å². The summed E-state index contributed by atoms with van der Waals surface area (Å²) in [4.78, 5) is 12.7. The maximum atomic E-state index is 12.7. The van der Waals surface area contributed by atoms with Crippen LogP contribution in [0.3, 0.4) is 0 Å². The molecule has 2 aromatic rings. The molecular formula is C15H12Br2O3. The van der Waals surface area contributed by atoms with E-state index in [4.69, 9.17) is 9.47 Å². The lowest BCUT2D eigenvalue weighted by atomic mass is 10.0. The van der Waals surface area contributed by atoms with Crippen LogP contribution in [0.1, 0.15) is 15.9 Å². The van der Waals surface area contributed by atoms with Crippen LogP contribution >= 0.6 is 31.9 Å². The maximum absolute atomic E-state index is 12.7. The molecule has 0 radical (unpaired) electrons. The third-order valence-corrected chi connectivity index (χ3v) is 4.01. The number of ketones is 1. The standard InChI is InChI=1S/C15H12Br2O3/c1-19-10-4-6-14(20-2)12(8-10)15(18)11-7-9(16)3-5-13(11)17/h3-8H,1-2H3. The van der Waals surface area contributed by atoms with Crippen molar-refractivity contribution >= 4 is 37.6 Å². The quantitative estimate of drug-likeness (QED) is 0.712. The van der Waals surface area contributed by atoms with E-state index >= 15 is 0 Å². The Kier molecular flexibility index (Phi) is 4.83. The zero-order valence-electron chi connectivity index (χ0n) is 10.9. The number of hydrogen-bond donors (Lipinski definition) is 0. The molecule has 0 N–H and O–H groups in total. The van der Waals surface area contributed by atoms with Gasteiger partial charge in [-0.1, -0.05) is 31.9 Å². The van der Waals surface area contributed by atoms with Gasteiger partial charge in [-0.2, -0.15) is 0 Å². The highest BCUT2D eigenvalue weighted by Crippen LogP contribution is 2.30. The molecule has 0 bridgehead atoms. The van der Waals surface area contributed by atoms with Crippen LogP contribution in [0.25, 0.3) is 0 Å². The largest absolute Gasteiger partial charge is 0.497 e. The molecule has 0 aliphatic rings. The first-order valence-corrected chi connectivity index (χ1v) is 7.37. The van der Waals surface area contributed by atoms with Crippen molar-refractivity contribution < 1.29 is 14.3 Å². The fourth-order valence-electron chi connectivity index (χ4n) is 1.81. The van der Waals surface area contributed by atoms with E-state index in [0.29, 0.717) is 22.6 Å². The highest BCUT2D eigenvalue weighted by molar-refractivity contribution is 9.11. The van der Waals surface area contributed by atoms with E-state index in [-0.39, 0.29) is 5.78 Å². The van der Waals surface area contributed by atoms with E-state index in [2.05, 4.69) is 31.9 Å². The van der Waals surface area contributed by atoms with Crippen molar-refractivity contribution in [3.05, 3.63) is 56.5 Å². The molecule has 2 aromatic carbocycles. The van der Waals surface area contributed by atoms with E-state index < -0.39 is 0 Å². The molecule has 0 saturated heterocycles. The van der Waals surface area contributed by atoms with Gasteiger partial charge in [-0.25, -0.2) is 0 Å². The average molecular weight is 400 g/mol. The second-order valence-electron chi connectivity index (χ2n) is 4.02. The van der Waals surface area contributed by atoms with E-state index in [1.807, 2.05) is 12.1 Å². The summed E-state index contributed by atoms with van der Waals surface area (Å²) in [5, 5.41) is 0. The Morgan fingerprint density at radius 1 is 0.950 bits per heavy atom. The third-order valence-electron chi connectivity index (χ3n) is 2.82. The normalized spacial score (nSPS) is 10.2. The van der Waals surface area contributed by atoms with Crippen LogP contribution in [0.15, 0.2) is 45.3 Å². The van der Waals surface area contributed by atoms with Gasteiger partial charge < -0.3 is 9.47 Å². The average Bonchev–Trinajstić information content (AvgIpc) is 2.48. The molecule has 0 fully saturated rings. The molecule has 0 atom stereocenters. The summed E-state index contributed by atoms with van der Waals surface area (Å²) in [6.07, 6.45) is 0. The van der Waals surface area contributed by atoms with Crippen molar-refractivity contribution in [3.8, 4) is 11.5 Å². The summed E-state index contributed by atoms with van der Waals surface area (Å²) in [6.45, 7) is 0. The second kappa shape index (κ2) is 6.41. The van der Waals surface area contributed by atoms with Crippen molar-refractivity contribution in [2.45, 2.75) is 0 Å². The van der Waals surface area contributed by atoms with Gasteiger partial charge in [-0.3, -0.25) is 4.79 Å². The topological polar surface area (TPSA) is 35.5 Å². The minimum atomic E-state index is -0.131. The molecule has 2 rings (SSSR count). The molecule has 104 valence electrons. The zero-order chi connectivity index (χ0) is 14.7. The van der Waals surface area contributed by atoms with E-state index in [0.717, 1.165) is 8.95 Å². The van der Waals surface area contributed by atoms with Gasteiger partial charge in [-0.15, -0.1) is 0 Å². The fraction of sp³-hybridized carbons (Fsp3) is 0.133. The van der Waals surface area contributed by atoms with Gasteiger partial charge in [0.2, 0.25) is 0 Å². The number of hydrogen-bond acceptors (Lipinski definition) is 3. The summed E-state index contributed by atoms with van der Waals surface area (Å²) in [6, 6.07) is 10.6. The lowest BCUT2D eigenvalue weighted by Crippen LogP contribution is -2.05. The summed E-state index contributed by atoms with van der Waals surface area (Å²) < 4.78 is 12.0. The van der Waals surface area contributed by atoms with Crippen LogP contribution in [0.2, 0.25) is 0 Å². The summed E-state index contributed by atoms with van der Waals surface area (Å²) in [5.41, 5.74) is 1.02. The van der Waals surface area contributed by atoms with Gasteiger partial charge in [-0.05, 0) is 36.4 Å². The Hall–Kier alpha value is -1.33. The molecule has 0 aromatic heterocycles. The molecule has 0 spiro atoms. The van der Waals surface area contributed by atoms with Crippen LogP contribution in [0.5, 0.6) is 11.5 Å². The monoisotopic (exact) mass is 398 g/mol. The molecule has 0 heterocycles. The Morgan fingerprint density at radius 2 is 1.70 bits per heavy atom. The van der Waals surface area contributed by atoms with Crippen LogP contribution in [0, 0.1) is 0 Å². The van der Waals surface area contributed by atoms with Crippen LogP contribution in [-0.2, 0) is 0 Å². The molecule has 0 aliphatic carbocycles. The highest BCUT2D eigenvalue weighted by Gasteiger charge is 2.18. The molecular weight excluding hydrogens is 388 g/mol. The van der Waals surface area contributed by atoms with Gasteiger partial charge in [0.05, 0.1) is 19.8 Å². The molecule has 3 nitrogen and oxygen atoms in total. The molecule has 0 amide bonds. The number of halogens is 2. The van der Waals surface area contributed by atoms with E-state index in [9.17, 15) is 4.79 Å². The third kappa shape index (κ3) is 3.04. The fourth-order valence-corrected chi connectivity index (χ4v) is 2.60. The van der Waals surface area contributed by atoms with Crippen molar-refractivity contribution in [2.24, 2.45) is 0 Å².